The Labute approximate surface area is 105 Å². The number of carbonyl (C=O) groups is 1. The predicted octanol–water partition coefficient (Wildman–Crippen LogP) is 2.55. The summed E-state index contributed by atoms with van der Waals surface area (Å²) in [5, 5.41) is 0. The number of unbranched alkanes of at least 4 members (excludes halogenated alkanes) is 4. The summed E-state index contributed by atoms with van der Waals surface area (Å²) in [6, 6.07) is 0. The zero-order valence-corrected chi connectivity index (χ0v) is 11.2. The third kappa shape index (κ3) is 15.4. The molecule has 0 rings (SSSR count). The summed E-state index contributed by atoms with van der Waals surface area (Å²) < 4.78 is 15.4. The van der Waals surface area contributed by atoms with Crippen molar-refractivity contribution in [2.45, 2.75) is 46.0 Å². The molecule has 0 atom stereocenters. The normalized spacial score (nSPS) is 10.5. The summed E-state index contributed by atoms with van der Waals surface area (Å²) in [6.07, 6.45) is 6.28. The van der Waals surface area contributed by atoms with Crippen molar-refractivity contribution in [2.75, 3.05) is 33.0 Å². The van der Waals surface area contributed by atoms with Crippen LogP contribution in [0.5, 0.6) is 0 Å². The highest BCUT2D eigenvalue weighted by Crippen LogP contribution is 2.02. The minimum Gasteiger partial charge on any atom is -0.463 e. The van der Waals surface area contributed by atoms with E-state index in [0.29, 0.717) is 26.4 Å². The van der Waals surface area contributed by atoms with E-state index in [9.17, 15) is 4.79 Å². The average Bonchev–Trinajstić information content (AvgIpc) is 2.30. The molecule has 0 saturated heterocycles. The van der Waals surface area contributed by atoms with Crippen LogP contribution in [-0.2, 0) is 19.0 Å². The molecule has 0 saturated carbocycles. The molecular formula is C13H26O4. The molecule has 0 amide bonds. The molecule has 0 radical (unpaired) electrons. The third-order valence-corrected chi connectivity index (χ3v) is 2.30. The monoisotopic (exact) mass is 246 g/mol. The van der Waals surface area contributed by atoms with Crippen molar-refractivity contribution in [3.05, 3.63) is 0 Å². The lowest BCUT2D eigenvalue weighted by Gasteiger charge is -2.06. The SMILES string of the molecule is CCCCCCCOCCOCCOC(C)=O. The van der Waals surface area contributed by atoms with Crippen molar-refractivity contribution >= 4 is 5.97 Å². The Kier molecular flexibility index (Phi) is 13.0. The zero-order valence-electron chi connectivity index (χ0n) is 11.2. The van der Waals surface area contributed by atoms with E-state index in [0.717, 1.165) is 13.0 Å². The van der Waals surface area contributed by atoms with Crippen LogP contribution in [0.1, 0.15) is 46.0 Å². The molecule has 17 heavy (non-hydrogen) atoms. The second-order valence-electron chi connectivity index (χ2n) is 3.98. The first-order valence-corrected chi connectivity index (χ1v) is 6.56. The van der Waals surface area contributed by atoms with Crippen LogP contribution in [0.25, 0.3) is 0 Å². The Morgan fingerprint density at radius 3 is 2.06 bits per heavy atom. The zero-order chi connectivity index (χ0) is 12.8. The van der Waals surface area contributed by atoms with Crippen LogP contribution >= 0.6 is 0 Å². The van der Waals surface area contributed by atoms with Crippen LogP contribution in [0.4, 0.5) is 0 Å². The van der Waals surface area contributed by atoms with Gasteiger partial charge in [0.15, 0.2) is 0 Å². The number of hydrogen-bond acceptors (Lipinski definition) is 4. The van der Waals surface area contributed by atoms with Gasteiger partial charge in [-0.05, 0) is 6.42 Å². The molecule has 0 aromatic rings. The highest BCUT2D eigenvalue weighted by Gasteiger charge is 1.94. The summed E-state index contributed by atoms with van der Waals surface area (Å²) in [5.41, 5.74) is 0. The van der Waals surface area contributed by atoms with Crippen molar-refractivity contribution in [1.82, 2.24) is 0 Å². The van der Waals surface area contributed by atoms with Crippen LogP contribution in [0, 0.1) is 0 Å². The van der Waals surface area contributed by atoms with E-state index in [2.05, 4.69) is 6.92 Å². The third-order valence-electron chi connectivity index (χ3n) is 2.30. The lowest BCUT2D eigenvalue weighted by Crippen LogP contribution is -2.11. The Balaban J connectivity index is 2.91. The molecule has 0 unspecified atom stereocenters. The van der Waals surface area contributed by atoms with E-state index in [-0.39, 0.29) is 5.97 Å². The lowest BCUT2D eigenvalue weighted by molar-refractivity contribution is -0.142. The first-order chi connectivity index (χ1) is 8.27. The standard InChI is InChI=1S/C13H26O4/c1-3-4-5-6-7-8-15-9-10-16-11-12-17-13(2)14/h3-12H2,1-2H3. The summed E-state index contributed by atoms with van der Waals surface area (Å²) in [5.74, 6) is -0.267. The fraction of sp³-hybridized carbons (Fsp3) is 0.923. The van der Waals surface area contributed by atoms with E-state index >= 15 is 0 Å². The van der Waals surface area contributed by atoms with Gasteiger partial charge in [0.25, 0.3) is 0 Å². The Bertz CT molecular complexity index is 171. The predicted molar refractivity (Wildman–Crippen MR) is 67.0 cm³/mol. The number of esters is 1. The molecule has 0 aliphatic heterocycles. The van der Waals surface area contributed by atoms with Gasteiger partial charge in [-0.1, -0.05) is 32.6 Å². The fourth-order valence-corrected chi connectivity index (χ4v) is 1.37. The van der Waals surface area contributed by atoms with Gasteiger partial charge in [0, 0.05) is 13.5 Å². The molecular weight excluding hydrogens is 220 g/mol. The molecule has 0 fully saturated rings. The highest BCUT2D eigenvalue weighted by molar-refractivity contribution is 5.65. The molecule has 0 spiro atoms. The molecule has 4 nitrogen and oxygen atoms in total. The number of rotatable bonds is 12. The van der Waals surface area contributed by atoms with Gasteiger partial charge in [-0.3, -0.25) is 4.79 Å². The Morgan fingerprint density at radius 1 is 0.824 bits per heavy atom. The van der Waals surface area contributed by atoms with Crippen LogP contribution < -0.4 is 0 Å². The molecule has 0 aromatic heterocycles. The Morgan fingerprint density at radius 2 is 1.41 bits per heavy atom. The molecule has 102 valence electrons. The van der Waals surface area contributed by atoms with Crippen LogP contribution in [0.3, 0.4) is 0 Å². The molecule has 0 bridgehead atoms. The lowest BCUT2D eigenvalue weighted by atomic mass is 10.2. The largest absolute Gasteiger partial charge is 0.463 e. The summed E-state index contributed by atoms with van der Waals surface area (Å²) in [4.78, 5) is 10.4. The summed E-state index contributed by atoms with van der Waals surface area (Å²) in [6.45, 7) is 6.37. The maximum absolute atomic E-state index is 10.4. The molecule has 0 aromatic carbocycles. The van der Waals surface area contributed by atoms with E-state index in [1.807, 2.05) is 0 Å². The second kappa shape index (κ2) is 13.5. The first kappa shape index (κ1) is 16.4. The summed E-state index contributed by atoms with van der Waals surface area (Å²) >= 11 is 0. The Hall–Kier alpha value is -0.610. The van der Waals surface area contributed by atoms with Crippen molar-refractivity contribution in [2.24, 2.45) is 0 Å². The summed E-state index contributed by atoms with van der Waals surface area (Å²) in [7, 11) is 0. The van der Waals surface area contributed by atoms with Gasteiger partial charge >= 0.3 is 5.97 Å². The minimum absolute atomic E-state index is 0.267. The fourth-order valence-electron chi connectivity index (χ4n) is 1.37. The molecule has 0 aliphatic carbocycles. The minimum atomic E-state index is -0.267. The molecule has 4 heteroatoms. The highest BCUT2D eigenvalue weighted by atomic mass is 16.6. The van der Waals surface area contributed by atoms with E-state index in [4.69, 9.17) is 14.2 Å². The maximum Gasteiger partial charge on any atom is 0.302 e. The second-order valence-corrected chi connectivity index (χ2v) is 3.98. The van der Waals surface area contributed by atoms with Gasteiger partial charge in [0.05, 0.1) is 19.8 Å². The van der Waals surface area contributed by atoms with Crippen LogP contribution in [0.15, 0.2) is 0 Å². The van der Waals surface area contributed by atoms with Crippen LogP contribution in [-0.4, -0.2) is 39.0 Å². The molecule has 0 aliphatic rings. The van der Waals surface area contributed by atoms with Gasteiger partial charge < -0.3 is 14.2 Å². The van der Waals surface area contributed by atoms with Crippen molar-refractivity contribution < 1.29 is 19.0 Å². The quantitative estimate of drug-likeness (QED) is 0.392. The number of carbonyl (C=O) groups excluding carboxylic acids is 1. The molecule has 0 N–H and O–H groups in total. The molecule has 0 heterocycles. The van der Waals surface area contributed by atoms with Crippen molar-refractivity contribution in [1.29, 1.82) is 0 Å². The average molecular weight is 246 g/mol. The van der Waals surface area contributed by atoms with E-state index in [1.54, 1.807) is 0 Å². The number of ether oxygens (including phenoxy) is 3. The smallest absolute Gasteiger partial charge is 0.302 e. The van der Waals surface area contributed by atoms with Gasteiger partial charge in [-0.25, -0.2) is 0 Å². The van der Waals surface area contributed by atoms with Crippen molar-refractivity contribution in [3.8, 4) is 0 Å². The van der Waals surface area contributed by atoms with E-state index in [1.165, 1.54) is 32.6 Å². The van der Waals surface area contributed by atoms with Gasteiger partial charge in [-0.2, -0.15) is 0 Å². The first-order valence-electron chi connectivity index (χ1n) is 6.56. The maximum atomic E-state index is 10.4. The topological polar surface area (TPSA) is 44.8 Å². The van der Waals surface area contributed by atoms with Gasteiger partial charge in [-0.15, -0.1) is 0 Å². The van der Waals surface area contributed by atoms with Gasteiger partial charge in [0.1, 0.15) is 6.61 Å². The van der Waals surface area contributed by atoms with Crippen LogP contribution in [0.2, 0.25) is 0 Å². The number of hydrogen-bond donors (Lipinski definition) is 0. The van der Waals surface area contributed by atoms with Crippen molar-refractivity contribution in [3.63, 3.8) is 0 Å². The van der Waals surface area contributed by atoms with E-state index < -0.39 is 0 Å². The van der Waals surface area contributed by atoms with Gasteiger partial charge in [0.2, 0.25) is 0 Å².